The molecule has 0 aliphatic heterocycles. The summed E-state index contributed by atoms with van der Waals surface area (Å²) in [5, 5.41) is 3.11. The number of rotatable bonds is 8. The summed E-state index contributed by atoms with van der Waals surface area (Å²) in [6.45, 7) is 5.37. The molecule has 2 atom stereocenters. The lowest BCUT2D eigenvalue weighted by atomic mass is 10.1. The van der Waals surface area contributed by atoms with E-state index in [1.807, 2.05) is 13.8 Å². The number of alkyl halides is 3. The fourth-order valence-electron chi connectivity index (χ4n) is 1.31. The molecule has 0 bridgehead atoms. The van der Waals surface area contributed by atoms with Gasteiger partial charge in [0.2, 0.25) is 0 Å². The third-order valence-electron chi connectivity index (χ3n) is 2.74. The van der Waals surface area contributed by atoms with Crippen molar-refractivity contribution < 1.29 is 37.0 Å². The number of halogens is 3. The molecule has 0 aliphatic rings. The second-order valence-electron chi connectivity index (χ2n) is 5.56. The lowest BCUT2D eigenvalue weighted by Crippen LogP contribution is -2.47. The van der Waals surface area contributed by atoms with E-state index in [4.69, 9.17) is 9.47 Å². The van der Waals surface area contributed by atoms with Crippen LogP contribution in [0.5, 0.6) is 0 Å². The van der Waals surface area contributed by atoms with Gasteiger partial charge in [0.25, 0.3) is 5.91 Å². The number of esters is 1. The van der Waals surface area contributed by atoms with Crippen LogP contribution in [0.15, 0.2) is 0 Å². The van der Waals surface area contributed by atoms with Gasteiger partial charge in [-0.15, -0.1) is 0 Å². The quantitative estimate of drug-likeness (QED) is 0.647. The zero-order valence-corrected chi connectivity index (χ0v) is 14.0. The van der Waals surface area contributed by atoms with Crippen LogP contribution in [0.2, 0.25) is 0 Å². The van der Waals surface area contributed by atoms with E-state index >= 15 is 0 Å². The first-order valence-corrected chi connectivity index (χ1v) is 7.40. The maximum Gasteiger partial charge on any atom is 0.405 e. The van der Waals surface area contributed by atoms with Crippen molar-refractivity contribution in [2.24, 2.45) is 5.92 Å². The van der Waals surface area contributed by atoms with Gasteiger partial charge in [-0.3, -0.25) is 10.1 Å². The highest BCUT2D eigenvalue weighted by atomic mass is 19.4. The lowest BCUT2D eigenvalue weighted by Gasteiger charge is -2.17. The van der Waals surface area contributed by atoms with Crippen molar-refractivity contribution in [3.63, 3.8) is 0 Å². The van der Waals surface area contributed by atoms with Crippen LogP contribution in [0.25, 0.3) is 0 Å². The third-order valence-corrected chi connectivity index (χ3v) is 2.74. The summed E-state index contributed by atoms with van der Waals surface area (Å²) in [7, 11) is 0. The van der Waals surface area contributed by atoms with Crippen LogP contribution in [0, 0.1) is 5.92 Å². The van der Waals surface area contributed by atoms with Gasteiger partial charge in [-0.1, -0.05) is 13.8 Å². The highest BCUT2D eigenvalue weighted by Gasteiger charge is 2.29. The summed E-state index contributed by atoms with van der Waals surface area (Å²) in [5.74, 6) is -1.46. The average molecular weight is 356 g/mol. The van der Waals surface area contributed by atoms with E-state index < -0.39 is 42.8 Å². The van der Waals surface area contributed by atoms with Gasteiger partial charge in [-0.25, -0.2) is 9.59 Å². The van der Waals surface area contributed by atoms with E-state index in [2.05, 4.69) is 0 Å². The molecule has 0 radical (unpaired) electrons. The molecule has 0 aliphatic carbocycles. The molecule has 0 saturated carbocycles. The van der Waals surface area contributed by atoms with E-state index in [-0.39, 0.29) is 0 Å². The minimum atomic E-state index is -4.60. The normalized spacial score (nSPS) is 14.0. The van der Waals surface area contributed by atoms with Gasteiger partial charge >= 0.3 is 18.2 Å². The number of carbonyl (C=O) groups is 3. The van der Waals surface area contributed by atoms with Crippen molar-refractivity contribution in [1.82, 2.24) is 10.6 Å². The second kappa shape index (κ2) is 10.1. The molecule has 2 N–H and O–H groups in total. The molecule has 0 spiro atoms. The number of imide groups is 1. The Labute approximate surface area is 138 Å². The fraction of sp³-hybridized carbons (Fsp3) is 0.786. The monoisotopic (exact) mass is 356 g/mol. The van der Waals surface area contributed by atoms with Gasteiger partial charge < -0.3 is 14.8 Å². The minimum absolute atomic E-state index is 0.342. The Morgan fingerprint density at radius 1 is 1.04 bits per heavy atom. The molecular formula is C14H23F3N2O5. The van der Waals surface area contributed by atoms with E-state index in [1.54, 1.807) is 5.32 Å². The van der Waals surface area contributed by atoms with Crippen molar-refractivity contribution in [2.75, 3.05) is 13.2 Å². The maximum atomic E-state index is 11.9. The first kappa shape index (κ1) is 22.2. The van der Waals surface area contributed by atoms with Gasteiger partial charge in [-0.2, -0.15) is 13.2 Å². The summed E-state index contributed by atoms with van der Waals surface area (Å²) in [6, 6.07) is -1.33. The summed E-state index contributed by atoms with van der Waals surface area (Å²) in [6.07, 6.45) is -6.11. The number of carbonyl (C=O) groups excluding carboxylic acids is 3. The summed E-state index contributed by atoms with van der Waals surface area (Å²) in [5.41, 5.74) is 0. The number of hydrogen-bond donors (Lipinski definition) is 2. The minimum Gasteiger partial charge on any atom is -0.451 e. The summed E-state index contributed by atoms with van der Waals surface area (Å²) >= 11 is 0. The third kappa shape index (κ3) is 10.8. The van der Waals surface area contributed by atoms with Crippen LogP contribution < -0.4 is 10.6 Å². The topological polar surface area (TPSA) is 93.7 Å². The molecular weight excluding hydrogens is 333 g/mol. The van der Waals surface area contributed by atoms with E-state index in [1.165, 1.54) is 19.2 Å². The standard InChI is InChI=1S/C14H23F3N2O5/c1-8(2)5-6-23-10(4)12(21)24-9(3)11(20)19-13(22)18-7-14(15,16)17/h8-10H,5-7H2,1-4H3,(H2,18,19,20,22). The van der Waals surface area contributed by atoms with E-state index in [0.29, 0.717) is 12.5 Å². The second-order valence-corrected chi connectivity index (χ2v) is 5.56. The van der Waals surface area contributed by atoms with Gasteiger partial charge in [0.1, 0.15) is 6.54 Å². The molecule has 10 heteroatoms. The molecule has 24 heavy (non-hydrogen) atoms. The number of urea groups is 1. The number of amides is 3. The molecule has 0 aromatic rings. The molecule has 7 nitrogen and oxygen atoms in total. The Morgan fingerprint density at radius 2 is 1.62 bits per heavy atom. The molecule has 140 valence electrons. The van der Waals surface area contributed by atoms with Crippen LogP contribution >= 0.6 is 0 Å². The summed E-state index contributed by atoms with van der Waals surface area (Å²) in [4.78, 5) is 34.4. The molecule has 0 rings (SSSR count). The Morgan fingerprint density at radius 3 is 2.12 bits per heavy atom. The smallest absolute Gasteiger partial charge is 0.405 e. The van der Waals surface area contributed by atoms with Gasteiger partial charge in [0.15, 0.2) is 12.2 Å². The van der Waals surface area contributed by atoms with E-state index in [9.17, 15) is 27.6 Å². The number of nitrogens with one attached hydrogen (secondary N) is 2. The molecule has 2 unspecified atom stereocenters. The Bertz CT molecular complexity index is 441. The van der Waals surface area contributed by atoms with Crippen LogP contribution in [-0.2, 0) is 19.1 Å². The highest BCUT2D eigenvalue weighted by molar-refractivity contribution is 5.97. The molecule has 0 saturated heterocycles. The van der Waals surface area contributed by atoms with Crippen molar-refractivity contribution >= 4 is 17.9 Å². The van der Waals surface area contributed by atoms with Crippen molar-refractivity contribution in [3.05, 3.63) is 0 Å². The molecule has 0 heterocycles. The first-order valence-electron chi connectivity index (χ1n) is 7.40. The largest absolute Gasteiger partial charge is 0.451 e. The van der Waals surface area contributed by atoms with Crippen molar-refractivity contribution in [1.29, 1.82) is 0 Å². The molecule has 3 amide bonds. The maximum absolute atomic E-state index is 11.9. The number of ether oxygens (including phenoxy) is 2. The van der Waals surface area contributed by atoms with Gasteiger partial charge in [0.05, 0.1) is 0 Å². The predicted molar refractivity (Wildman–Crippen MR) is 78.0 cm³/mol. The zero-order valence-electron chi connectivity index (χ0n) is 14.0. The summed E-state index contributed by atoms with van der Waals surface area (Å²) < 4.78 is 45.8. The van der Waals surface area contributed by atoms with Crippen LogP contribution in [0.3, 0.4) is 0 Å². The Balaban J connectivity index is 4.20. The SMILES string of the molecule is CC(C)CCOC(C)C(=O)OC(C)C(=O)NC(=O)NCC(F)(F)F. The van der Waals surface area contributed by atoms with Crippen LogP contribution in [0.4, 0.5) is 18.0 Å². The lowest BCUT2D eigenvalue weighted by molar-refractivity contribution is -0.164. The molecule has 0 aromatic carbocycles. The van der Waals surface area contributed by atoms with Crippen molar-refractivity contribution in [2.45, 2.75) is 52.5 Å². The van der Waals surface area contributed by atoms with Gasteiger partial charge in [0, 0.05) is 6.61 Å². The first-order chi connectivity index (χ1) is 10.9. The highest BCUT2D eigenvalue weighted by Crippen LogP contribution is 2.11. The predicted octanol–water partition coefficient (Wildman–Crippen LogP) is 1.76. The zero-order chi connectivity index (χ0) is 18.9. The van der Waals surface area contributed by atoms with Crippen LogP contribution in [-0.4, -0.2) is 49.4 Å². The fourth-order valence-corrected chi connectivity index (χ4v) is 1.31. The Hall–Kier alpha value is -1.84. The van der Waals surface area contributed by atoms with E-state index in [0.717, 1.165) is 6.42 Å². The molecule has 0 fully saturated rings. The Kier molecular flexibility index (Phi) is 9.34. The average Bonchev–Trinajstić information content (AvgIpc) is 2.43. The molecule has 0 aromatic heterocycles. The van der Waals surface area contributed by atoms with Crippen LogP contribution in [0.1, 0.15) is 34.1 Å². The van der Waals surface area contributed by atoms with Gasteiger partial charge in [-0.05, 0) is 26.2 Å². The number of hydrogen-bond acceptors (Lipinski definition) is 5. The van der Waals surface area contributed by atoms with Crippen molar-refractivity contribution in [3.8, 4) is 0 Å².